The van der Waals surface area contributed by atoms with E-state index in [0.29, 0.717) is 25.2 Å². The molecule has 38 heavy (non-hydrogen) atoms. The van der Waals surface area contributed by atoms with E-state index in [1.807, 2.05) is 6.92 Å². The van der Waals surface area contributed by atoms with Crippen LogP contribution in [0.2, 0.25) is 0 Å². The highest BCUT2D eigenvalue weighted by atomic mass is 16.5. The molecule has 4 atom stereocenters. The third-order valence-corrected chi connectivity index (χ3v) is 7.47. The van der Waals surface area contributed by atoms with Crippen LogP contribution < -0.4 is 11.1 Å². The second kappa shape index (κ2) is 26.1. The number of rotatable bonds is 27. The minimum Gasteiger partial charge on any atom is -0.450 e. The molecule has 0 aliphatic carbocycles. The number of Topliss-reactive ketones (excluding diaryl/α,β-unsaturated/α-hetero) is 1. The van der Waals surface area contributed by atoms with Crippen LogP contribution in [0.15, 0.2) is 0 Å². The second-order valence-electron chi connectivity index (χ2n) is 11.3. The predicted molar refractivity (Wildman–Crippen MR) is 157 cm³/mol. The summed E-state index contributed by atoms with van der Waals surface area (Å²) in [6, 6.07) is -0.430. The van der Waals surface area contributed by atoms with Crippen molar-refractivity contribution in [3.8, 4) is 0 Å². The smallest absolute Gasteiger partial charge is 0.407 e. The van der Waals surface area contributed by atoms with Crippen LogP contribution in [0, 0.1) is 0 Å². The maximum atomic E-state index is 12.1. The standard InChI is InChI=1S/C31H62N2O5/c1-4-38-31(37)33-27(3)30(36)25-21-17-13-15-19-23-28(34)22-18-14-11-9-7-5-6-8-10-12-16-20-24-29(35)26(2)32/h26-27,29-30,35-36H,4-25,32H2,1-3H3,(H,33,37)/t26-,27+,29-,30+/m0/s1. The normalized spacial score (nSPS) is 14.6. The van der Waals surface area contributed by atoms with E-state index in [1.54, 1.807) is 13.8 Å². The summed E-state index contributed by atoms with van der Waals surface area (Å²) >= 11 is 0. The number of ether oxygens (including phenoxy) is 1. The molecule has 0 aromatic heterocycles. The molecule has 0 bridgehead atoms. The Balaban J connectivity index is 3.37. The average molecular weight is 543 g/mol. The van der Waals surface area contributed by atoms with Crippen LogP contribution in [0.1, 0.15) is 156 Å². The molecule has 0 spiro atoms. The van der Waals surface area contributed by atoms with Gasteiger partial charge in [-0.05, 0) is 46.5 Å². The molecule has 0 aromatic rings. The Morgan fingerprint density at radius 2 is 1.03 bits per heavy atom. The highest BCUT2D eigenvalue weighted by molar-refractivity contribution is 5.78. The van der Waals surface area contributed by atoms with E-state index in [1.165, 1.54) is 64.2 Å². The van der Waals surface area contributed by atoms with E-state index in [0.717, 1.165) is 57.8 Å². The molecular weight excluding hydrogens is 480 g/mol. The summed E-state index contributed by atoms with van der Waals surface area (Å²) in [5.74, 6) is 0.409. The lowest BCUT2D eigenvalue weighted by molar-refractivity contribution is -0.119. The summed E-state index contributed by atoms with van der Waals surface area (Å²) in [6.45, 7) is 5.73. The van der Waals surface area contributed by atoms with E-state index in [9.17, 15) is 19.8 Å². The van der Waals surface area contributed by atoms with Gasteiger partial charge in [0, 0.05) is 18.9 Å². The highest BCUT2D eigenvalue weighted by Gasteiger charge is 2.16. The number of nitrogens with one attached hydrogen (secondary N) is 1. The first kappa shape index (κ1) is 36.8. The quantitative estimate of drug-likeness (QED) is 0.0833. The molecule has 1 amide bonds. The summed E-state index contributed by atoms with van der Waals surface area (Å²) in [6.07, 6.45) is 21.5. The fourth-order valence-electron chi connectivity index (χ4n) is 4.74. The van der Waals surface area contributed by atoms with Crippen molar-refractivity contribution in [2.45, 2.75) is 180 Å². The van der Waals surface area contributed by atoms with Crippen molar-refractivity contribution >= 4 is 11.9 Å². The van der Waals surface area contributed by atoms with Gasteiger partial charge in [-0.3, -0.25) is 4.79 Å². The zero-order valence-electron chi connectivity index (χ0n) is 25.1. The van der Waals surface area contributed by atoms with Gasteiger partial charge in [0.2, 0.25) is 0 Å². The molecule has 5 N–H and O–H groups in total. The van der Waals surface area contributed by atoms with Crippen LogP contribution in [0.4, 0.5) is 4.79 Å². The van der Waals surface area contributed by atoms with Gasteiger partial charge in [-0.25, -0.2) is 4.79 Å². The van der Waals surface area contributed by atoms with Crippen LogP contribution in [0.3, 0.4) is 0 Å². The van der Waals surface area contributed by atoms with E-state index >= 15 is 0 Å². The van der Waals surface area contributed by atoms with Gasteiger partial charge in [-0.2, -0.15) is 0 Å². The molecular formula is C31H62N2O5. The summed E-state index contributed by atoms with van der Waals surface area (Å²) < 4.78 is 4.83. The molecule has 226 valence electrons. The van der Waals surface area contributed by atoms with Gasteiger partial charge in [0.25, 0.3) is 0 Å². The molecule has 0 aromatic carbocycles. The summed E-state index contributed by atoms with van der Waals surface area (Å²) in [4.78, 5) is 23.5. The van der Waals surface area contributed by atoms with Crippen molar-refractivity contribution in [1.29, 1.82) is 0 Å². The Kier molecular flexibility index (Phi) is 25.3. The third-order valence-electron chi connectivity index (χ3n) is 7.47. The van der Waals surface area contributed by atoms with Crippen LogP contribution >= 0.6 is 0 Å². The maximum Gasteiger partial charge on any atom is 0.407 e. The molecule has 0 aliphatic heterocycles. The van der Waals surface area contributed by atoms with E-state index in [-0.39, 0.29) is 18.2 Å². The first-order chi connectivity index (χ1) is 18.3. The number of aliphatic hydroxyl groups is 2. The molecule has 7 nitrogen and oxygen atoms in total. The number of hydrogen-bond acceptors (Lipinski definition) is 6. The lowest BCUT2D eigenvalue weighted by atomic mass is 10.0. The number of alkyl carbamates (subject to hydrolysis) is 1. The van der Waals surface area contributed by atoms with Crippen molar-refractivity contribution in [1.82, 2.24) is 5.32 Å². The lowest BCUT2D eigenvalue weighted by Crippen LogP contribution is -2.41. The van der Waals surface area contributed by atoms with Gasteiger partial charge in [0.1, 0.15) is 5.78 Å². The minimum atomic E-state index is -0.561. The van der Waals surface area contributed by atoms with Gasteiger partial charge < -0.3 is 26.0 Å². The second-order valence-corrected chi connectivity index (χ2v) is 11.3. The van der Waals surface area contributed by atoms with E-state index in [4.69, 9.17) is 10.5 Å². The lowest BCUT2D eigenvalue weighted by Gasteiger charge is -2.19. The van der Waals surface area contributed by atoms with E-state index < -0.39 is 12.2 Å². The first-order valence-electron chi connectivity index (χ1n) is 15.8. The van der Waals surface area contributed by atoms with Gasteiger partial charge in [0.15, 0.2) is 0 Å². The van der Waals surface area contributed by atoms with E-state index in [2.05, 4.69) is 5.32 Å². The molecule has 0 rings (SSSR count). The zero-order chi connectivity index (χ0) is 28.4. The topological polar surface area (TPSA) is 122 Å². The van der Waals surface area contributed by atoms with Crippen molar-refractivity contribution < 1.29 is 24.5 Å². The Morgan fingerprint density at radius 3 is 1.42 bits per heavy atom. The Bertz CT molecular complexity index is 558. The van der Waals surface area contributed by atoms with Crippen molar-refractivity contribution in [2.75, 3.05) is 6.61 Å². The van der Waals surface area contributed by atoms with Crippen molar-refractivity contribution in [2.24, 2.45) is 5.73 Å². The molecule has 7 heteroatoms. The summed E-state index contributed by atoms with van der Waals surface area (Å²) in [7, 11) is 0. The Hall–Kier alpha value is -1.18. The average Bonchev–Trinajstić information content (AvgIpc) is 2.87. The van der Waals surface area contributed by atoms with Crippen LogP contribution in [0.25, 0.3) is 0 Å². The third kappa shape index (κ3) is 23.9. The number of carbonyl (C=O) groups excluding carboxylic acids is 2. The van der Waals surface area contributed by atoms with Gasteiger partial charge in [-0.1, -0.05) is 96.3 Å². The first-order valence-corrected chi connectivity index (χ1v) is 15.8. The number of carbonyl (C=O) groups is 2. The number of hydrogen-bond donors (Lipinski definition) is 4. The number of ketones is 1. The Morgan fingerprint density at radius 1 is 0.658 bits per heavy atom. The van der Waals surface area contributed by atoms with Crippen LogP contribution in [-0.2, 0) is 9.53 Å². The largest absolute Gasteiger partial charge is 0.450 e. The number of unbranched alkanes of at least 4 members (excludes halogenated alkanes) is 15. The maximum absolute atomic E-state index is 12.1. The summed E-state index contributed by atoms with van der Waals surface area (Å²) in [5.41, 5.74) is 5.68. The molecule has 0 unspecified atom stereocenters. The Labute approximate surface area is 234 Å². The number of aliphatic hydroxyl groups excluding tert-OH is 2. The van der Waals surface area contributed by atoms with Gasteiger partial charge >= 0.3 is 6.09 Å². The number of nitrogens with two attached hydrogens (primary N) is 1. The molecule has 0 fully saturated rings. The molecule has 0 saturated carbocycles. The van der Waals surface area contributed by atoms with Gasteiger partial charge in [0.05, 0.1) is 24.9 Å². The summed E-state index contributed by atoms with van der Waals surface area (Å²) in [5, 5.41) is 22.5. The SMILES string of the molecule is CCOC(=O)N[C@H](C)[C@H](O)CCCCCCCC(=O)CCCCCCCCCCCCCC[C@H](O)[C@H](C)N. The fraction of sp³-hybridized carbons (Fsp3) is 0.935. The van der Waals surface area contributed by atoms with Gasteiger partial charge in [-0.15, -0.1) is 0 Å². The minimum absolute atomic E-state index is 0.116. The van der Waals surface area contributed by atoms with Crippen LogP contribution in [-0.4, -0.2) is 53.0 Å². The molecule has 0 aliphatic rings. The number of amides is 1. The monoisotopic (exact) mass is 542 g/mol. The molecule has 0 radical (unpaired) electrons. The van der Waals surface area contributed by atoms with Crippen LogP contribution in [0.5, 0.6) is 0 Å². The van der Waals surface area contributed by atoms with Crippen molar-refractivity contribution in [3.63, 3.8) is 0 Å². The zero-order valence-corrected chi connectivity index (χ0v) is 25.1. The predicted octanol–water partition coefficient (Wildman–Crippen LogP) is 6.95. The highest BCUT2D eigenvalue weighted by Crippen LogP contribution is 2.15. The van der Waals surface area contributed by atoms with Crippen molar-refractivity contribution in [3.05, 3.63) is 0 Å². The molecule has 0 heterocycles. The fourth-order valence-corrected chi connectivity index (χ4v) is 4.74. The molecule has 0 saturated heterocycles.